The largest absolute Gasteiger partial charge is 0.370 e. The normalized spacial score (nSPS) is 11.5. The molecule has 0 aliphatic rings. The molecule has 196 valence electrons. The summed E-state index contributed by atoms with van der Waals surface area (Å²) in [6, 6.07) is 33.3. The third kappa shape index (κ3) is 4.82. The molecule has 0 saturated carbocycles. The van der Waals surface area contributed by atoms with E-state index in [9.17, 15) is 8.42 Å². The molecule has 8 heteroatoms. The van der Waals surface area contributed by atoms with Crippen LogP contribution in [0.15, 0.2) is 114 Å². The fourth-order valence-corrected chi connectivity index (χ4v) is 6.51. The lowest BCUT2D eigenvalue weighted by molar-refractivity contribution is 0.589. The zero-order valence-electron chi connectivity index (χ0n) is 21.0. The highest BCUT2D eigenvalue weighted by Gasteiger charge is 2.22. The van der Waals surface area contributed by atoms with Gasteiger partial charge in [-0.1, -0.05) is 78.9 Å². The fraction of sp³-hybridized carbons (Fsp3) is 0.0645. The van der Waals surface area contributed by atoms with Gasteiger partial charge in [-0.15, -0.1) is 12.4 Å². The van der Waals surface area contributed by atoms with Gasteiger partial charge < -0.3 is 11.1 Å². The van der Waals surface area contributed by atoms with Gasteiger partial charge in [0.25, 0.3) is 10.0 Å². The van der Waals surface area contributed by atoms with Crippen molar-refractivity contribution in [2.24, 2.45) is 5.73 Å². The van der Waals surface area contributed by atoms with E-state index in [2.05, 4.69) is 35.6 Å². The van der Waals surface area contributed by atoms with Crippen molar-refractivity contribution >= 4 is 60.8 Å². The molecule has 1 aromatic heterocycles. The number of guanidine groups is 1. The summed E-state index contributed by atoms with van der Waals surface area (Å²) < 4.78 is 29.2. The van der Waals surface area contributed by atoms with Crippen LogP contribution in [0.2, 0.25) is 0 Å². The highest BCUT2D eigenvalue weighted by atomic mass is 35.5. The quantitative estimate of drug-likeness (QED) is 0.166. The first kappa shape index (κ1) is 26.3. The molecule has 6 rings (SSSR count). The Hall–Kier alpha value is -4.33. The lowest BCUT2D eigenvalue weighted by atomic mass is 9.96. The minimum absolute atomic E-state index is 0. The summed E-state index contributed by atoms with van der Waals surface area (Å²) in [6.07, 6.45) is 2.21. The summed E-state index contributed by atoms with van der Waals surface area (Å²) in [5, 5.41) is 15.3. The first-order valence-electron chi connectivity index (χ1n) is 12.4. The monoisotopic (exact) mass is 554 g/mol. The van der Waals surface area contributed by atoms with E-state index in [-0.39, 0.29) is 23.3 Å². The SMILES string of the molecule is Cl.N=C(N)NCCc1cn(S(=O)(=O)c2ccc3ccccc3c2)c2ccc(-c3cccc4ccccc34)cc12. The maximum absolute atomic E-state index is 13.9. The summed E-state index contributed by atoms with van der Waals surface area (Å²) in [5.74, 6) is -0.117. The molecule has 5 aromatic carbocycles. The summed E-state index contributed by atoms with van der Waals surface area (Å²) in [5.41, 5.74) is 9.06. The Morgan fingerprint density at radius 1 is 0.795 bits per heavy atom. The number of hydrogen-bond acceptors (Lipinski definition) is 3. The number of nitrogens with zero attached hydrogens (tertiary/aromatic N) is 1. The first-order valence-corrected chi connectivity index (χ1v) is 13.8. The number of benzene rings is 5. The van der Waals surface area contributed by atoms with Gasteiger partial charge in [-0.05, 0) is 68.9 Å². The Morgan fingerprint density at radius 2 is 1.51 bits per heavy atom. The minimum Gasteiger partial charge on any atom is -0.370 e. The molecule has 0 aliphatic heterocycles. The maximum Gasteiger partial charge on any atom is 0.268 e. The molecule has 0 fully saturated rings. The van der Waals surface area contributed by atoms with Crippen molar-refractivity contribution in [1.82, 2.24) is 9.29 Å². The van der Waals surface area contributed by atoms with Crippen molar-refractivity contribution in [2.45, 2.75) is 11.3 Å². The van der Waals surface area contributed by atoms with Gasteiger partial charge in [-0.2, -0.15) is 0 Å². The van der Waals surface area contributed by atoms with Crippen molar-refractivity contribution in [3.8, 4) is 11.1 Å². The third-order valence-corrected chi connectivity index (χ3v) is 8.61. The summed E-state index contributed by atoms with van der Waals surface area (Å²) >= 11 is 0. The summed E-state index contributed by atoms with van der Waals surface area (Å²) in [6.45, 7) is 0.420. The second-order valence-corrected chi connectivity index (χ2v) is 11.1. The van der Waals surface area contributed by atoms with E-state index in [1.54, 1.807) is 18.3 Å². The number of rotatable bonds is 6. The third-order valence-electron chi connectivity index (χ3n) is 6.94. The molecule has 0 unspecified atom stereocenters. The van der Waals surface area contributed by atoms with Crippen molar-refractivity contribution in [1.29, 1.82) is 5.41 Å². The standard InChI is InChI=1S/C31H26N4O2S.ClH/c32-31(33)34-17-16-25-20-35(38(36,37)26-14-12-21-6-1-2-8-23(21)18-26)30-15-13-24(19-29(25)30)28-11-5-9-22-7-3-4-10-27(22)28;/h1-15,18-20H,16-17H2,(H4,32,33,34);1H. The van der Waals surface area contributed by atoms with Crippen LogP contribution < -0.4 is 11.1 Å². The van der Waals surface area contributed by atoms with Gasteiger partial charge in [0, 0.05) is 18.1 Å². The van der Waals surface area contributed by atoms with Crippen LogP contribution in [0.25, 0.3) is 43.6 Å². The predicted molar refractivity (Wildman–Crippen MR) is 162 cm³/mol. The Kier molecular flexibility index (Phi) is 7.04. The van der Waals surface area contributed by atoms with Crippen molar-refractivity contribution in [2.75, 3.05) is 6.54 Å². The van der Waals surface area contributed by atoms with E-state index >= 15 is 0 Å². The molecule has 0 atom stereocenters. The molecule has 1 heterocycles. The summed E-state index contributed by atoms with van der Waals surface area (Å²) in [7, 11) is -3.86. The number of hydrogen-bond donors (Lipinski definition) is 3. The van der Waals surface area contributed by atoms with Gasteiger partial charge in [0.05, 0.1) is 10.4 Å². The molecular weight excluding hydrogens is 528 g/mol. The van der Waals surface area contributed by atoms with Crippen LogP contribution in [0.3, 0.4) is 0 Å². The number of nitrogens with one attached hydrogen (secondary N) is 2. The Morgan fingerprint density at radius 3 is 2.31 bits per heavy atom. The van der Waals surface area contributed by atoms with Crippen molar-refractivity contribution in [3.63, 3.8) is 0 Å². The number of fused-ring (bicyclic) bond motifs is 3. The lowest BCUT2D eigenvalue weighted by Gasteiger charge is -2.10. The number of nitrogens with two attached hydrogens (primary N) is 1. The zero-order valence-corrected chi connectivity index (χ0v) is 22.6. The van der Waals surface area contributed by atoms with Crippen LogP contribution in [0.4, 0.5) is 0 Å². The maximum atomic E-state index is 13.9. The van der Waals surface area contributed by atoms with E-state index < -0.39 is 10.0 Å². The molecule has 0 bridgehead atoms. The van der Waals surface area contributed by atoms with E-state index in [0.29, 0.717) is 18.5 Å². The van der Waals surface area contributed by atoms with Crippen molar-refractivity contribution in [3.05, 3.63) is 115 Å². The van der Waals surface area contributed by atoms with Crippen LogP contribution in [0.5, 0.6) is 0 Å². The molecule has 0 saturated heterocycles. The molecule has 6 nitrogen and oxygen atoms in total. The van der Waals surface area contributed by atoms with Crippen molar-refractivity contribution < 1.29 is 8.42 Å². The molecule has 39 heavy (non-hydrogen) atoms. The van der Waals surface area contributed by atoms with E-state index in [1.807, 2.05) is 60.7 Å². The van der Waals surface area contributed by atoms with Gasteiger partial charge in [-0.25, -0.2) is 12.4 Å². The first-order chi connectivity index (χ1) is 18.4. The fourth-order valence-electron chi connectivity index (χ4n) is 5.08. The second kappa shape index (κ2) is 10.4. The number of aromatic nitrogens is 1. The minimum atomic E-state index is -3.86. The summed E-state index contributed by atoms with van der Waals surface area (Å²) in [4.78, 5) is 0.236. The lowest BCUT2D eigenvalue weighted by Crippen LogP contribution is -2.31. The molecule has 0 amide bonds. The Balaban J connectivity index is 0.00000308. The van der Waals surface area contributed by atoms with Crippen LogP contribution in [0.1, 0.15) is 5.56 Å². The van der Waals surface area contributed by atoms with E-state index in [4.69, 9.17) is 11.1 Å². The smallest absolute Gasteiger partial charge is 0.268 e. The Bertz CT molecular complexity index is 1960. The van der Waals surface area contributed by atoms with Crippen LogP contribution >= 0.6 is 12.4 Å². The topological polar surface area (TPSA) is 101 Å². The predicted octanol–water partition coefficient (Wildman–Crippen LogP) is 6.30. The molecule has 0 aliphatic carbocycles. The average molecular weight is 555 g/mol. The Labute approximate surface area is 233 Å². The molecular formula is C31H27ClN4O2S. The van der Waals surface area contributed by atoms with Gasteiger partial charge in [0.15, 0.2) is 5.96 Å². The van der Waals surface area contributed by atoms with E-state index in [1.165, 1.54) is 3.97 Å². The zero-order chi connectivity index (χ0) is 26.3. The van der Waals surface area contributed by atoms with Gasteiger partial charge in [0.1, 0.15) is 0 Å². The van der Waals surface area contributed by atoms with E-state index in [0.717, 1.165) is 43.6 Å². The van der Waals surface area contributed by atoms with Gasteiger partial charge >= 0.3 is 0 Å². The van der Waals surface area contributed by atoms with Crippen LogP contribution in [0, 0.1) is 5.41 Å². The van der Waals surface area contributed by atoms with Gasteiger partial charge in [-0.3, -0.25) is 5.41 Å². The van der Waals surface area contributed by atoms with Crippen LogP contribution in [-0.4, -0.2) is 24.9 Å². The second-order valence-electron chi connectivity index (χ2n) is 9.31. The van der Waals surface area contributed by atoms with Gasteiger partial charge in [0.2, 0.25) is 0 Å². The molecule has 6 aromatic rings. The molecule has 0 spiro atoms. The van der Waals surface area contributed by atoms with Crippen LogP contribution in [-0.2, 0) is 16.4 Å². The number of halogens is 1. The highest BCUT2D eigenvalue weighted by Crippen LogP contribution is 2.34. The average Bonchev–Trinajstić information content (AvgIpc) is 3.31. The highest BCUT2D eigenvalue weighted by molar-refractivity contribution is 7.90. The molecule has 4 N–H and O–H groups in total. The molecule has 0 radical (unpaired) electrons.